The largest absolute Gasteiger partial charge is 0.361 e. The van der Waals surface area contributed by atoms with Gasteiger partial charge in [0.1, 0.15) is 6.29 Å². The number of H-pyrrole nitrogens is 1. The lowest BCUT2D eigenvalue weighted by Crippen LogP contribution is -2.33. The lowest BCUT2D eigenvalue weighted by molar-refractivity contribution is -0.526. The third-order valence-corrected chi connectivity index (χ3v) is 4.96. The molecular formula is C19H16N2O3. The average molecular weight is 320 g/mol. The second-order valence-corrected chi connectivity index (χ2v) is 6.23. The van der Waals surface area contributed by atoms with Crippen molar-refractivity contribution in [3.8, 4) is 0 Å². The summed E-state index contributed by atoms with van der Waals surface area (Å²) in [4.78, 5) is 25.8. The number of nitrogens with one attached hydrogen (secondary N) is 1. The van der Waals surface area contributed by atoms with Crippen molar-refractivity contribution in [3.63, 3.8) is 0 Å². The van der Waals surface area contributed by atoms with Gasteiger partial charge in [0, 0.05) is 34.0 Å². The van der Waals surface area contributed by atoms with Crippen LogP contribution in [0.15, 0.2) is 48.7 Å². The second kappa shape index (κ2) is 5.60. The first-order valence-electron chi connectivity index (χ1n) is 7.96. The van der Waals surface area contributed by atoms with Crippen molar-refractivity contribution in [2.45, 2.75) is 24.8 Å². The van der Waals surface area contributed by atoms with Gasteiger partial charge in [-0.3, -0.25) is 14.9 Å². The molecule has 2 atom stereocenters. The highest BCUT2D eigenvalue weighted by Gasteiger charge is 2.39. The number of carbonyl (C=O) groups is 1. The molecule has 0 aliphatic heterocycles. The van der Waals surface area contributed by atoms with Crippen LogP contribution in [0.25, 0.3) is 10.9 Å². The molecule has 1 N–H and O–H groups in total. The summed E-state index contributed by atoms with van der Waals surface area (Å²) in [7, 11) is 0. The Bertz CT molecular complexity index is 945. The molecule has 24 heavy (non-hydrogen) atoms. The van der Waals surface area contributed by atoms with Crippen LogP contribution in [0, 0.1) is 10.1 Å². The number of aromatic amines is 1. The molecule has 0 amide bonds. The normalized spacial score (nSPS) is 19.8. The van der Waals surface area contributed by atoms with Crippen molar-refractivity contribution in [2.24, 2.45) is 0 Å². The third kappa shape index (κ3) is 2.21. The molecule has 1 heterocycles. The van der Waals surface area contributed by atoms with Crippen molar-refractivity contribution in [1.82, 2.24) is 4.98 Å². The molecule has 0 saturated heterocycles. The number of aldehydes is 1. The highest BCUT2D eigenvalue weighted by Crippen LogP contribution is 2.41. The fourth-order valence-corrected chi connectivity index (χ4v) is 3.83. The molecule has 0 fully saturated rings. The zero-order valence-corrected chi connectivity index (χ0v) is 12.9. The summed E-state index contributed by atoms with van der Waals surface area (Å²) < 4.78 is 0. The first kappa shape index (κ1) is 14.6. The Morgan fingerprint density at radius 1 is 1.17 bits per heavy atom. The number of nitrogens with zero attached hydrogens (tertiary/aromatic N) is 1. The van der Waals surface area contributed by atoms with Crippen molar-refractivity contribution in [3.05, 3.63) is 81.0 Å². The van der Waals surface area contributed by atoms with Gasteiger partial charge in [0.15, 0.2) is 0 Å². The quantitative estimate of drug-likeness (QED) is 0.454. The summed E-state index contributed by atoms with van der Waals surface area (Å²) in [6.45, 7) is 0. The Hall–Kier alpha value is -2.95. The molecule has 120 valence electrons. The topological polar surface area (TPSA) is 76.0 Å². The number of rotatable bonds is 3. The summed E-state index contributed by atoms with van der Waals surface area (Å²) in [5, 5.41) is 12.6. The molecule has 5 nitrogen and oxygen atoms in total. The highest BCUT2D eigenvalue weighted by molar-refractivity contribution is 5.90. The van der Waals surface area contributed by atoms with Crippen LogP contribution in [0.3, 0.4) is 0 Å². The number of nitro groups is 1. The van der Waals surface area contributed by atoms with E-state index in [0.29, 0.717) is 12.0 Å². The molecule has 0 spiro atoms. The van der Waals surface area contributed by atoms with E-state index in [1.165, 1.54) is 5.56 Å². The maximum absolute atomic E-state index is 11.7. The van der Waals surface area contributed by atoms with Crippen molar-refractivity contribution in [2.75, 3.05) is 0 Å². The van der Waals surface area contributed by atoms with E-state index < -0.39 is 6.04 Å². The molecule has 0 bridgehead atoms. The molecule has 2 aromatic carbocycles. The Labute approximate surface area is 138 Å². The van der Waals surface area contributed by atoms with E-state index in [1.54, 1.807) is 6.07 Å². The van der Waals surface area contributed by atoms with E-state index in [4.69, 9.17) is 0 Å². The van der Waals surface area contributed by atoms with E-state index in [1.807, 2.05) is 42.6 Å². The first-order valence-corrected chi connectivity index (χ1v) is 7.96. The van der Waals surface area contributed by atoms with Gasteiger partial charge in [-0.05, 0) is 41.3 Å². The maximum Gasteiger partial charge on any atom is 0.224 e. The molecule has 3 aromatic rings. The predicted octanol–water partition coefficient (Wildman–Crippen LogP) is 3.70. The number of aromatic nitrogens is 1. The highest BCUT2D eigenvalue weighted by atomic mass is 16.6. The Morgan fingerprint density at radius 3 is 2.79 bits per heavy atom. The summed E-state index contributed by atoms with van der Waals surface area (Å²) in [6, 6.07) is 12.7. The van der Waals surface area contributed by atoms with Crippen molar-refractivity contribution < 1.29 is 9.72 Å². The van der Waals surface area contributed by atoms with Gasteiger partial charge in [-0.25, -0.2) is 0 Å². The minimum absolute atomic E-state index is 0.164. The van der Waals surface area contributed by atoms with Crippen LogP contribution in [-0.4, -0.2) is 22.2 Å². The smallest absolute Gasteiger partial charge is 0.224 e. The molecule has 4 rings (SSSR count). The molecular weight excluding hydrogens is 304 g/mol. The van der Waals surface area contributed by atoms with Gasteiger partial charge in [-0.15, -0.1) is 0 Å². The summed E-state index contributed by atoms with van der Waals surface area (Å²) in [6.07, 6.45) is 3.90. The van der Waals surface area contributed by atoms with Gasteiger partial charge >= 0.3 is 0 Å². The molecule has 0 saturated carbocycles. The fraction of sp³-hybridized carbons (Fsp3) is 0.211. The maximum atomic E-state index is 11.7. The molecule has 0 unspecified atom stereocenters. The minimum Gasteiger partial charge on any atom is -0.361 e. The van der Waals surface area contributed by atoms with Crippen LogP contribution < -0.4 is 0 Å². The Morgan fingerprint density at radius 2 is 2.00 bits per heavy atom. The number of fused-ring (bicyclic) bond motifs is 2. The first-order chi connectivity index (χ1) is 11.7. The summed E-state index contributed by atoms with van der Waals surface area (Å²) in [5.74, 6) is -0.305. The zero-order chi connectivity index (χ0) is 16.7. The number of hydrogen-bond donors (Lipinski definition) is 1. The number of aryl methyl sites for hydroxylation is 1. The predicted molar refractivity (Wildman–Crippen MR) is 91.1 cm³/mol. The minimum atomic E-state index is -0.654. The summed E-state index contributed by atoms with van der Waals surface area (Å²) >= 11 is 0. The van der Waals surface area contributed by atoms with Gasteiger partial charge < -0.3 is 4.98 Å². The number of benzene rings is 2. The Kier molecular flexibility index (Phi) is 3.41. The van der Waals surface area contributed by atoms with Gasteiger partial charge in [-0.1, -0.05) is 24.3 Å². The monoisotopic (exact) mass is 320 g/mol. The SMILES string of the molecule is O=Cc1ccc2[nH]cc([C@H]3c4ccccc4CC[C@@H]3[N+](=O)[O-])c2c1. The van der Waals surface area contributed by atoms with E-state index in [9.17, 15) is 14.9 Å². The van der Waals surface area contributed by atoms with Crippen LogP contribution in [0.2, 0.25) is 0 Å². The molecule has 0 radical (unpaired) electrons. The van der Waals surface area contributed by atoms with E-state index >= 15 is 0 Å². The van der Waals surface area contributed by atoms with E-state index in [-0.39, 0.29) is 10.8 Å². The second-order valence-electron chi connectivity index (χ2n) is 6.23. The summed E-state index contributed by atoms with van der Waals surface area (Å²) in [5.41, 5.74) is 4.54. The molecule has 1 aliphatic rings. The van der Waals surface area contributed by atoms with Crippen molar-refractivity contribution in [1.29, 1.82) is 0 Å². The van der Waals surface area contributed by atoms with Gasteiger partial charge in [-0.2, -0.15) is 0 Å². The Balaban J connectivity index is 1.95. The molecule has 1 aromatic heterocycles. The molecule has 1 aliphatic carbocycles. The molecule has 5 heteroatoms. The van der Waals surface area contributed by atoms with Gasteiger partial charge in [0.25, 0.3) is 0 Å². The average Bonchev–Trinajstić information content (AvgIpc) is 3.03. The fourth-order valence-electron chi connectivity index (χ4n) is 3.83. The van der Waals surface area contributed by atoms with Crippen LogP contribution in [-0.2, 0) is 6.42 Å². The van der Waals surface area contributed by atoms with Gasteiger partial charge in [0.05, 0.1) is 5.92 Å². The van der Waals surface area contributed by atoms with Crippen LogP contribution >= 0.6 is 0 Å². The van der Waals surface area contributed by atoms with Crippen molar-refractivity contribution >= 4 is 17.2 Å². The third-order valence-electron chi connectivity index (χ3n) is 4.96. The van der Waals surface area contributed by atoms with E-state index in [2.05, 4.69) is 4.98 Å². The standard InChI is InChI=1S/C19H16N2O3/c22-11-12-5-7-17-15(9-12)16(10-20-17)19-14-4-2-1-3-13(14)6-8-18(19)21(23)24/h1-5,7,9-11,18-20H,6,8H2/t18-,19+/m0/s1. The van der Waals surface area contributed by atoms with Gasteiger partial charge in [0.2, 0.25) is 6.04 Å². The number of hydrogen-bond acceptors (Lipinski definition) is 3. The zero-order valence-electron chi connectivity index (χ0n) is 12.9. The van der Waals surface area contributed by atoms with Crippen LogP contribution in [0.4, 0.5) is 0 Å². The lowest BCUT2D eigenvalue weighted by Gasteiger charge is -2.28. The van der Waals surface area contributed by atoms with E-state index in [0.717, 1.165) is 34.7 Å². The van der Waals surface area contributed by atoms with Crippen LogP contribution in [0.1, 0.15) is 39.4 Å². The number of carbonyl (C=O) groups excluding carboxylic acids is 1. The lowest BCUT2D eigenvalue weighted by atomic mass is 9.75. The van der Waals surface area contributed by atoms with Crippen LogP contribution in [0.5, 0.6) is 0 Å².